The van der Waals surface area contributed by atoms with E-state index in [4.69, 9.17) is 4.98 Å². The lowest BCUT2D eigenvalue weighted by molar-refractivity contribution is -0.122. The van der Waals surface area contributed by atoms with Gasteiger partial charge in [0.15, 0.2) is 5.82 Å². The Hall–Kier alpha value is -4.00. The van der Waals surface area contributed by atoms with Crippen LogP contribution in [0.15, 0.2) is 54.6 Å². The Morgan fingerprint density at radius 1 is 1.03 bits per heavy atom. The minimum Gasteiger partial charge on any atom is -0.311 e. The summed E-state index contributed by atoms with van der Waals surface area (Å²) in [6.45, 7) is 8.48. The highest BCUT2D eigenvalue weighted by Gasteiger charge is 2.37. The van der Waals surface area contributed by atoms with E-state index >= 15 is 0 Å². The van der Waals surface area contributed by atoms with Crippen LogP contribution in [0.25, 0.3) is 16.7 Å². The number of nitrogens with one attached hydrogen (secondary N) is 1. The van der Waals surface area contributed by atoms with Gasteiger partial charge in [0, 0.05) is 30.1 Å². The second kappa shape index (κ2) is 9.57. The van der Waals surface area contributed by atoms with Crippen molar-refractivity contribution in [2.75, 3.05) is 16.8 Å². The van der Waals surface area contributed by atoms with Crippen molar-refractivity contribution in [3.8, 4) is 5.82 Å². The Kier molecular flexibility index (Phi) is 6.31. The van der Waals surface area contributed by atoms with Crippen molar-refractivity contribution in [1.82, 2.24) is 14.8 Å². The maximum absolute atomic E-state index is 13.4. The molecule has 1 N–H and O–H groups in total. The molecule has 2 amide bonds. The number of carbonyl (C=O) groups is 2. The van der Waals surface area contributed by atoms with Gasteiger partial charge in [-0.3, -0.25) is 9.59 Å². The standard InChI is InChI=1S/C29H31N5O2/c1-5-20-10-9-11-21(6-2)28(20)33-17-22(16-27(33)35)29(36)31-26-15-19(4)32-34(26)25-14-18(3)23-12-7-8-13-24(23)30-25/h7-15,22H,5-6,16-17H2,1-4H3,(H,31,36). The Morgan fingerprint density at radius 3 is 2.47 bits per heavy atom. The molecule has 184 valence electrons. The molecule has 5 rings (SSSR count). The molecule has 0 spiro atoms. The van der Waals surface area contributed by atoms with Crippen LogP contribution in [0.3, 0.4) is 0 Å². The van der Waals surface area contributed by atoms with Gasteiger partial charge in [0.2, 0.25) is 11.8 Å². The van der Waals surface area contributed by atoms with Gasteiger partial charge in [0.25, 0.3) is 0 Å². The van der Waals surface area contributed by atoms with Crippen molar-refractivity contribution < 1.29 is 9.59 Å². The lowest BCUT2D eigenvalue weighted by atomic mass is 10.0. The number of hydrogen-bond donors (Lipinski definition) is 1. The lowest BCUT2D eigenvalue weighted by Crippen LogP contribution is -2.30. The largest absolute Gasteiger partial charge is 0.311 e. The van der Waals surface area contributed by atoms with E-state index in [1.165, 1.54) is 0 Å². The number of benzene rings is 2. The quantitative estimate of drug-likeness (QED) is 0.413. The molecule has 0 bridgehead atoms. The van der Waals surface area contributed by atoms with Crippen LogP contribution in [0.4, 0.5) is 11.5 Å². The van der Waals surface area contributed by atoms with E-state index in [1.54, 1.807) is 9.58 Å². The smallest absolute Gasteiger partial charge is 0.230 e. The molecular weight excluding hydrogens is 450 g/mol. The van der Waals surface area contributed by atoms with Gasteiger partial charge in [-0.25, -0.2) is 4.98 Å². The topological polar surface area (TPSA) is 80.1 Å². The number of anilines is 2. The van der Waals surface area contributed by atoms with E-state index in [0.29, 0.717) is 18.2 Å². The van der Waals surface area contributed by atoms with E-state index in [9.17, 15) is 9.59 Å². The molecule has 7 heteroatoms. The molecule has 7 nitrogen and oxygen atoms in total. The number of pyridine rings is 1. The first-order chi connectivity index (χ1) is 17.4. The minimum absolute atomic E-state index is 0.0118. The van der Waals surface area contributed by atoms with Crippen molar-refractivity contribution in [2.24, 2.45) is 5.92 Å². The number of hydrogen-bond acceptors (Lipinski definition) is 4. The molecule has 0 aliphatic carbocycles. The number of nitrogens with zero attached hydrogens (tertiary/aromatic N) is 4. The van der Waals surface area contributed by atoms with Crippen LogP contribution >= 0.6 is 0 Å². The first-order valence-corrected chi connectivity index (χ1v) is 12.5. The highest BCUT2D eigenvalue weighted by atomic mass is 16.2. The summed E-state index contributed by atoms with van der Waals surface area (Å²) in [4.78, 5) is 33.0. The highest BCUT2D eigenvalue weighted by molar-refractivity contribution is 6.04. The van der Waals surface area contributed by atoms with Crippen LogP contribution in [0.5, 0.6) is 0 Å². The lowest BCUT2D eigenvalue weighted by Gasteiger charge is -2.23. The monoisotopic (exact) mass is 481 g/mol. The molecule has 1 atom stereocenters. The zero-order chi connectivity index (χ0) is 25.4. The molecule has 1 fully saturated rings. The first-order valence-electron chi connectivity index (χ1n) is 12.5. The molecule has 3 heterocycles. The number of para-hydroxylation sites is 2. The molecule has 1 aliphatic heterocycles. The average molecular weight is 482 g/mol. The minimum atomic E-state index is -0.443. The predicted molar refractivity (Wildman–Crippen MR) is 143 cm³/mol. The normalized spacial score (nSPS) is 15.6. The van der Waals surface area contributed by atoms with Crippen LogP contribution in [0.2, 0.25) is 0 Å². The van der Waals surface area contributed by atoms with Crippen molar-refractivity contribution >= 4 is 34.2 Å². The van der Waals surface area contributed by atoms with Gasteiger partial charge in [-0.15, -0.1) is 0 Å². The van der Waals surface area contributed by atoms with Gasteiger partial charge in [0.1, 0.15) is 5.82 Å². The van der Waals surface area contributed by atoms with Crippen molar-refractivity contribution in [3.05, 3.63) is 77.0 Å². The molecule has 0 radical (unpaired) electrons. The van der Waals surface area contributed by atoms with Gasteiger partial charge < -0.3 is 10.2 Å². The third-order valence-corrected chi connectivity index (χ3v) is 6.94. The number of rotatable bonds is 6. The van der Waals surface area contributed by atoms with E-state index in [1.807, 2.05) is 56.3 Å². The maximum Gasteiger partial charge on any atom is 0.230 e. The van der Waals surface area contributed by atoms with Crippen molar-refractivity contribution in [3.63, 3.8) is 0 Å². The number of carbonyl (C=O) groups excluding carboxylic acids is 2. The molecule has 36 heavy (non-hydrogen) atoms. The summed E-state index contributed by atoms with van der Waals surface area (Å²) in [6, 6.07) is 17.9. The number of aryl methyl sites for hydroxylation is 4. The van der Waals surface area contributed by atoms with Gasteiger partial charge >= 0.3 is 0 Å². The Morgan fingerprint density at radius 2 is 1.75 bits per heavy atom. The van der Waals surface area contributed by atoms with Gasteiger partial charge in [-0.05, 0) is 55.5 Å². The molecule has 1 unspecified atom stereocenters. The second-order valence-corrected chi connectivity index (χ2v) is 9.42. The molecular formula is C29H31N5O2. The number of aromatic nitrogens is 3. The first kappa shape index (κ1) is 23.7. The fraction of sp³-hybridized carbons (Fsp3) is 0.310. The Balaban J connectivity index is 1.41. The summed E-state index contributed by atoms with van der Waals surface area (Å²) in [7, 11) is 0. The summed E-state index contributed by atoms with van der Waals surface area (Å²) >= 11 is 0. The highest BCUT2D eigenvalue weighted by Crippen LogP contribution is 2.33. The molecule has 4 aromatic rings. The van der Waals surface area contributed by atoms with Crippen molar-refractivity contribution in [1.29, 1.82) is 0 Å². The Bertz CT molecular complexity index is 1450. The zero-order valence-corrected chi connectivity index (χ0v) is 21.2. The fourth-order valence-electron chi connectivity index (χ4n) is 5.09. The SMILES string of the molecule is CCc1cccc(CC)c1N1CC(C(=O)Nc2cc(C)nn2-c2cc(C)c3ccccc3n2)CC1=O. The molecule has 1 aliphatic rings. The van der Waals surface area contributed by atoms with Gasteiger partial charge in [-0.1, -0.05) is 50.2 Å². The maximum atomic E-state index is 13.4. The van der Waals surface area contributed by atoms with Crippen LogP contribution < -0.4 is 10.2 Å². The van der Waals surface area contributed by atoms with Gasteiger partial charge in [-0.2, -0.15) is 9.78 Å². The summed E-state index contributed by atoms with van der Waals surface area (Å²) < 4.78 is 1.67. The summed E-state index contributed by atoms with van der Waals surface area (Å²) in [6.07, 6.45) is 1.86. The van der Waals surface area contributed by atoms with Crippen LogP contribution in [0.1, 0.15) is 42.7 Å². The van der Waals surface area contributed by atoms with E-state index in [-0.39, 0.29) is 18.2 Å². The second-order valence-electron chi connectivity index (χ2n) is 9.42. The van der Waals surface area contributed by atoms with Crippen LogP contribution in [-0.2, 0) is 22.4 Å². The molecule has 1 saturated heterocycles. The third kappa shape index (κ3) is 4.26. The molecule has 2 aromatic carbocycles. The average Bonchev–Trinajstić information content (AvgIpc) is 3.45. The summed E-state index contributed by atoms with van der Waals surface area (Å²) in [5.41, 5.74) is 5.96. The van der Waals surface area contributed by atoms with E-state index in [2.05, 4.69) is 36.4 Å². The van der Waals surface area contributed by atoms with E-state index < -0.39 is 5.92 Å². The molecule has 2 aromatic heterocycles. The predicted octanol–water partition coefficient (Wildman–Crippen LogP) is 5.15. The fourth-order valence-corrected chi connectivity index (χ4v) is 5.09. The van der Waals surface area contributed by atoms with Crippen LogP contribution in [-0.4, -0.2) is 33.1 Å². The van der Waals surface area contributed by atoms with Gasteiger partial charge in [0.05, 0.1) is 17.1 Å². The van der Waals surface area contributed by atoms with Crippen LogP contribution in [0, 0.1) is 19.8 Å². The summed E-state index contributed by atoms with van der Waals surface area (Å²) in [5.74, 6) is 0.554. The molecule has 0 saturated carbocycles. The third-order valence-electron chi connectivity index (χ3n) is 6.94. The zero-order valence-electron chi connectivity index (χ0n) is 21.2. The summed E-state index contributed by atoms with van der Waals surface area (Å²) in [5, 5.41) is 8.71. The van der Waals surface area contributed by atoms with Crippen molar-refractivity contribution in [2.45, 2.75) is 47.0 Å². The number of fused-ring (bicyclic) bond motifs is 1. The Labute approximate surface area is 211 Å². The van der Waals surface area contributed by atoms with E-state index in [0.717, 1.165) is 51.8 Å². The number of amides is 2.